The molecule has 1 N–H and O–H groups in total. The Labute approximate surface area is 87.8 Å². The minimum Gasteiger partial charge on any atom is -0.312 e. The second-order valence-corrected chi connectivity index (χ2v) is 7.85. The average Bonchev–Trinajstić information content (AvgIpc) is 2.41. The van der Waals surface area contributed by atoms with Crippen molar-refractivity contribution in [1.82, 2.24) is 5.32 Å². The zero-order valence-electron chi connectivity index (χ0n) is 8.52. The van der Waals surface area contributed by atoms with Crippen molar-refractivity contribution in [1.29, 1.82) is 0 Å². The molecule has 0 aliphatic carbocycles. The van der Waals surface area contributed by atoms with Crippen LogP contribution in [0.25, 0.3) is 0 Å². The number of nitrogens with one attached hydrogen (secondary N) is 1. The van der Waals surface area contributed by atoms with Crippen LogP contribution in [0.3, 0.4) is 0 Å². The van der Waals surface area contributed by atoms with Crippen molar-refractivity contribution in [3.63, 3.8) is 0 Å². The average molecular weight is 239 g/mol. The summed E-state index contributed by atoms with van der Waals surface area (Å²) in [5.74, 6) is 0.518. The van der Waals surface area contributed by atoms with Crippen molar-refractivity contribution >= 4 is 20.6 Å². The molecule has 0 bridgehead atoms. The van der Waals surface area contributed by atoms with E-state index in [1.54, 1.807) is 6.26 Å². The molecule has 1 saturated heterocycles. The topological polar surface area (TPSA) is 63.2 Å². The lowest BCUT2D eigenvalue weighted by Crippen LogP contribution is -2.36. The number of hydrogen-bond donors (Lipinski definition) is 1. The monoisotopic (exact) mass is 239 g/mol. The first-order chi connectivity index (χ1) is 6.41. The molecule has 0 spiro atoms. The molecule has 0 amide bonds. The molecule has 0 saturated carbocycles. The second-order valence-electron chi connectivity index (χ2n) is 3.82. The standard InChI is InChI=1S/C8H17NO3S2/c1-7(13(2)10)5-9-8-3-4-14(11,12)6-8/h7-9H,3-6H2,1-2H3. The summed E-state index contributed by atoms with van der Waals surface area (Å²) in [6.45, 7) is 2.52. The van der Waals surface area contributed by atoms with Gasteiger partial charge in [-0.3, -0.25) is 4.21 Å². The SMILES string of the molecule is CC(CNC1CCS(=O)(=O)C1)S(C)=O. The van der Waals surface area contributed by atoms with Crippen LogP contribution >= 0.6 is 0 Å². The number of rotatable bonds is 4. The first kappa shape index (κ1) is 12.1. The van der Waals surface area contributed by atoms with Gasteiger partial charge in [0, 0.05) is 34.9 Å². The van der Waals surface area contributed by atoms with E-state index in [1.807, 2.05) is 6.92 Å². The van der Waals surface area contributed by atoms with Gasteiger partial charge in [-0.15, -0.1) is 0 Å². The summed E-state index contributed by atoms with van der Waals surface area (Å²) in [5, 5.41) is 3.23. The Morgan fingerprint density at radius 2 is 2.21 bits per heavy atom. The summed E-state index contributed by atoms with van der Waals surface area (Å²) in [5.41, 5.74) is 0. The highest BCUT2D eigenvalue weighted by molar-refractivity contribution is 7.91. The van der Waals surface area contributed by atoms with E-state index in [9.17, 15) is 12.6 Å². The fourth-order valence-corrected chi connectivity index (χ4v) is 3.44. The van der Waals surface area contributed by atoms with Gasteiger partial charge in [-0.25, -0.2) is 8.42 Å². The Bertz CT molecular complexity index is 313. The summed E-state index contributed by atoms with van der Waals surface area (Å²) < 4.78 is 33.3. The van der Waals surface area contributed by atoms with Crippen LogP contribution in [0.15, 0.2) is 0 Å². The maximum Gasteiger partial charge on any atom is 0.151 e. The Kier molecular flexibility index (Phi) is 4.09. The molecule has 0 aromatic rings. The van der Waals surface area contributed by atoms with E-state index in [4.69, 9.17) is 0 Å². The van der Waals surface area contributed by atoms with E-state index >= 15 is 0 Å². The highest BCUT2D eigenvalue weighted by atomic mass is 32.2. The lowest BCUT2D eigenvalue weighted by molar-refractivity contribution is 0.551. The van der Waals surface area contributed by atoms with Crippen LogP contribution in [0.4, 0.5) is 0 Å². The quantitative estimate of drug-likeness (QED) is 0.720. The van der Waals surface area contributed by atoms with Crippen molar-refractivity contribution < 1.29 is 12.6 Å². The number of hydrogen-bond acceptors (Lipinski definition) is 4. The van der Waals surface area contributed by atoms with Crippen LogP contribution in [0.5, 0.6) is 0 Å². The van der Waals surface area contributed by atoms with Crippen molar-refractivity contribution in [2.24, 2.45) is 0 Å². The molecule has 3 atom stereocenters. The predicted octanol–water partition coefficient (Wildman–Crippen LogP) is -0.470. The molecule has 1 rings (SSSR count). The molecule has 1 aliphatic heterocycles. The highest BCUT2D eigenvalue weighted by Crippen LogP contribution is 2.11. The van der Waals surface area contributed by atoms with Crippen LogP contribution in [0, 0.1) is 0 Å². The molecule has 0 aromatic heterocycles. The molecule has 0 aromatic carbocycles. The summed E-state index contributed by atoms with van der Waals surface area (Å²) in [4.78, 5) is 0. The second kappa shape index (κ2) is 4.72. The molecule has 84 valence electrons. The lowest BCUT2D eigenvalue weighted by atomic mass is 10.2. The Morgan fingerprint density at radius 3 is 2.64 bits per heavy atom. The molecule has 1 aliphatic rings. The van der Waals surface area contributed by atoms with E-state index in [2.05, 4.69) is 5.32 Å². The molecule has 3 unspecified atom stereocenters. The van der Waals surface area contributed by atoms with Crippen LogP contribution < -0.4 is 5.32 Å². The first-order valence-electron chi connectivity index (χ1n) is 4.67. The van der Waals surface area contributed by atoms with Gasteiger partial charge >= 0.3 is 0 Å². The summed E-state index contributed by atoms with van der Waals surface area (Å²) in [6.07, 6.45) is 2.35. The largest absolute Gasteiger partial charge is 0.312 e. The zero-order valence-corrected chi connectivity index (χ0v) is 10.2. The zero-order chi connectivity index (χ0) is 10.8. The van der Waals surface area contributed by atoms with Crippen LogP contribution in [-0.2, 0) is 20.6 Å². The fraction of sp³-hybridized carbons (Fsp3) is 1.00. The van der Waals surface area contributed by atoms with E-state index in [1.165, 1.54) is 0 Å². The minimum absolute atomic E-state index is 0.0611. The maximum atomic E-state index is 11.1. The molecular formula is C8H17NO3S2. The van der Waals surface area contributed by atoms with Gasteiger partial charge in [-0.1, -0.05) is 0 Å². The summed E-state index contributed by atoms with van der Waals surface area (Å²) in [7, 11) is -3.64. The molecule has 6 heteroatoms. The van der Waals surface area contributed by atoms with E-state index in [-0.39, 0.29) is 22.8 Å². The maximum absolute atomic E-state index is 11.1. The van der Waals surface area contributed by atoms with Gasteiger partial charge in [-0.2, -0.15) is 0 Å². The summed E-state index contributed by atoms with van der Waals surface area (Å²) >= 11 is 0. The van der Waals surface area contributed by atoms with Crippen molar-refractivity contribution in [3.05, 3.63) is 0 Å². The highest BCUT2D eigenvalue weighted by Gasteiger charge is 2.27. The number of sulfone groups is 1. The van der Waals surface area contributed by atoms with Gasteiger partial charge in [0.1, 0.15) is 0 Å². The minimum atomic E-state index is -2.80. The van der Waals surface area contributed by atoms with Gasteiger partial charge in [0.25, 0.3) is 0 Å². The fourth-order valence-electron chi connectivity index (χ4n) is 1.41. The first-order valence-corrected chi connectivity index (χ1v) is 8.11. The van der Waals surface area contributed by atoms with Gasteiger partial charge < -0.3 is 5.32 Å². The third kappa shape index (κ3) is 3.67. The normalized spacial score (nSPS) is 30.0. The third-order valence-electron chi connectivity index (χ3n) is 2.49. The molecule has 0 radical (unpaired) electrons. The molecule has 1 fully saturated rings. The van der Waals surface area contributed by atoms with E-state index < -0.39 is 20.6 Å². The van der Waals surface area contributed by atoms with Crippen molar-refractivity contribution in [3.8, 4) is 0 Å². The smallest absolute Gasteiger partial charge is 0.151 e. The molecule has 4 nitrogen and oxygen atoms in total. The predicted molar refractivity (Wildman–Crippen MR) is 58.6 cm³/mol. The van der Waals surface area contributed by atoms with Crippen LogP contribution in [0.2, 0.25) is 0 Å². The van der Waals surface area contributed by atoms with Crippen molar-refractivity contribution in [2.45, 2.75) is 24.6 Å². The van der Waals surface area contributed by atoms with E-state index in [0.717, 1.165) is 0 Å². The Hall–Kier alpha value is 0.0600. The van der Waals surface area contributed by atoms with Gasteiger partial charge in [0.05, 0.1) is 11.5 Å². The van der Waals surface area contributed by atoms with Crippen LogP contribution in [0.1, 0.15) is 13.3 Å². The van der Waals surface area contributed by atoms with Crippen molar-refractivity contribution in [2.75, 3.05) is 24.3 Å². The summed E-state index contributed by atoms with van der Waals surface area (Å²) in [6, 6.07) is 0.0611. The lowest BCUT2D eigenvalue weighted by Gasteiger charge is -2.13. The van der Waals surface area contributed by atoms with E-state index in [0.29, 0.717) is 13.0 Å². The molecule has 14 heavy (non-hydrogen) atoms. The van der Waals surface area contributed by atoms with Crippen LogP contribution in [-0.4, -0.2) is 48.2 Å². The Morgan fingerprint density at radius 1 is 1.57 bits per heavy atom. The van der Waals surface area contributed by atoms with Gasteiger partial charge in [0.15, 0.2) is 9.84 Å². The Balaban J connectivity index is 2.31. The third-order valence-corrected chi connectivity index (χ3v) is 5.56. The molecular weight excluding hydrogens is 222 g/mol. The molecule has 1 heterocycles. The van der Waals surface area contributed by atoms with Gasteiger partial charge in [0.2, 0.25) is 0 Å². The van der Waals surface area contributed by atoms with Gasteiger partial charge in [-0.05, 0) is 13.3 Å².